The van der Waals surface area contributed by atoms with E-state index in [4.69, 9.17) is 23.6 Å². The molecule has 12 nitrogen and oxygen atoms in total. The second-order valence-electron chi connectivity index (χ2n) is 15.6. The molecule has 60 heavy (non-hydrogen) atoms. The van der Waals surface area contributed by atoms with E-state index in [1.807, 2.05) is 0 Å². The largest absolute Gasteiger partial charge is 1.00 e. The van der Waals surface area contributed by atoms with Crippen LogP contribution in [0, 0.1) is 0 Å². The van der Waals surface area contributed by atoms with Crippen molar-refractivity contribution in [2.75, 3.05) is 26.4 Å². The zero-order chi connectivity index (χ0) is 43.5. The minimum atomic E-state index is -4.85. The van der Waals surface area contributed by atoms with Crippen molar-refractivity contribution < 1.29 is 81.8 Å². The van der Waals surface area contributed by atoms with E-state index >= 15 is 0 Å². The molecule has 0 rings (SSSR count). The molecule has 0 saturated carbocycles. The Balaban J connectivity index is 0. The zero-order valence-electron chi connectivity index (χ0n) is 38.1. The van der Waals surface area contributed by atoms with E-state index in [2.05, 4.69) is 43.5 Å². The molecule has 1 amide bonds. The van der Waals surface area contributed by atoms with Crippen LogP contribution in [0.5, 0.6) is 0 Å². The van der Waals surface area contributed by atoms with Crippen LogP contribution in [0.25, 0.3) is 0 Å². The Morgan fingerprint density at radius 2 is 1.00 bits per heavy atom. The Labute approximate surface area is 386 Å². The number of ether oxygens (including phenoxy) is 2. The van der Waals surface area contributed by atoms with E-state index in [1.165, 1.54) is 77.0 Å². The van der Waals surface area contributed by atoms with E-state index in [-0.39, 0.29) is 74.8 Å². The molecule has 14 heteroatoms. The number of nitrogens with one attached hydrogen (secondary N) is 1. The SMILES string of the molecule is CCCCCCCCC=CCCCCCCCC(=O)OC[C@H](COP(=O)([O-])OCCNC(=O)CCCC(=O)O)OC(=O)CCCCCCCC=CCCCCCCCC.[Na+]. The van der Waals surface area contributed by atoms with Crippen LogP contribution in [-0.4, -0.2) is 61.4 Å². The maximum Gasteiger partial charge on any atom is 1.00 e. The van der Waals surface area contributed by atoms with Crippen LogP contribution in [0.15, 0.2) is 24.3 Å². The second-order valence-corrected chi connectivity index (χ2v) is 17.0. The van der Waals surface area contributed by atoms with Gasteiger partial charge < -0.3 is 33.8 Å². The number of phosphoric acid groups is 1. The molecule has 0 radical (unpaired) electrons. The molecule has 0 saturated heterocycles. The number of unbranched alkanes of at least 4 members (excludes halogenated alkanes) is 22. The molecule has 1 unspecified atom stereocenters. The van der Waals surface area contributed by atoms with Crippen molar-refractivity contribution in [1.82, 2.24) is 5.32 Å². The molecule has 0 heterocycles. The van der Waals surface area contributed by atoms with E-state index in [0.29, 0.717) is 12.8 Å². The van der Waals surface area contributed by atoms with Crippen LogP contribution in [0.4, 0.5) is 0 Å². The monoisotopic (exact) mass is 880 g/mol. The maximum absolute atomic E-state index is 12.7. The maximum atomic E-state index is 12.7. The molecule has 0 fully saturated rings. The summed E-state index contributed by atoms with van der Waals surface area (Å²) in [6, 6.07) is 0. The van der Waals surface area contributed by atoms with Gasteiger partial charge in [-0.25, -0.2) is 0 Å². The molecule has 0 aromatic rings. The van der Waals surface area contributed by atoms with Gasteiger partial charge in [0, 0.05) is 32.2 Å². The van der Waals surface area contributed by atoms with Gasteiger partial charge in [0.15, 0.2) is 6.10 Å². The molecule has 0 spiro atoms. The number of hydrogen-bond acceptors (Lipinski definition) is 10. The summed E-state index contributed by atoms with van der Waals surface area (Å²) in [6.07, 6.45) is 38.0. The molecule has 0 aromatic carbocycles. The van der Waals surface area contributed by atoms with E-state index < -0.39 is 51.0 Å². The van der Waals surface area contributed by atoms with Gasteiger partial charge in [-0.2, -0.15) is 0 Å². The fourth-order valence-electron chi connectivity index (χ4n) is 6.35. The van der Waals surface area contributed by atoms with E-state index in [0.717, 1.165) is 77.0 Å². The summed E-state index contributed by atoms with van der Waals surface area (Å²) < 4.78 is 33.0. The molecule has 0 bridgehead atoms. The number of carbonyl (C=O) groups excluding carboxylic acids is 3. The first-order chi connectivity index (χ1) is 28.6. The van der Waals surface area contributed by atoms with Crippen LogP contribution in [0.1, 0.15) is 213 Å². The molecular formula is C46H83NNaO11P. The number of carboxylic acid groups (broad SMARTS) is 1. The Bertz CT molecular complexity index is 1150. The quantitative estimate of drug-likeness (QED) is 0.0198. The van der Waals surface area contributed by atoms with Gasteiger partial charge in [-0.3, -0.25) is 23.7 Å². The smallest absolute Gasteiger partial charge is 0.756 e. The van der Waals surface area contributed by atoms with Crippen molar-refractivity contribution in [3.05, 3.63) is 24.3 Å². The summed E-state index contributed by atoms with van der Waals surface area (Å²) >= 11 is 0. The topological polar surface area (TPSA) is 178 Å². The number of carboxylic acids is 1. The first kappa shape index (κ1) is 60.6. The molecule has 0 aliphatic heterocycles. The van der Waals surface area contributed by atoms with Gasteiger partial charge >= 0.3 is 47.5 Å². The summed E-state index contributed by atoms with van der Waals surface area (Å²) in [7, 11) is -4.85. The Kier molecular flexibility index (Phi) is 45.9. The van der Waals surface area contributed by atoms with Gasteiger partial charge in [0.25, 0.3) is 7.82 Å². The summed E-state index contributed by atoms with van der Waals surface area (Å²) in [5.41, 5.74) is 0. The van der Waals surface area contributed by atoms with Crippen molar-refractivity contribution in [2.24, 2.45) is 0 Å². The number of allylic oxidation sites excluding steroid dienone is 4. The number of phosphoric ester groups is 1. The number of aliphatic carboxylic acids is 1. The van der Waals surface area contributed by atoms with Crippen LogP contribution in [0.2, 0.25) is 0 Å². The number of amides is 1. The molecule has 2 atom stereocenters. The predicted octanol–water partition coefficient (Wildman–Crippen LogP) is 8.39. The van der Waals surface area contributed by atoms with Crippen molar-refractivity contribution in [3.8, 4) is 0 Å². The van der Waals surface area contributed by atoms with Gasteiger partial charge in [-0.1, -0.05) is 141 Å². The third-order valence-corrected chi connectivity index (χ3v) is 10.9. The average Bonchev–Trinajstić information content (AvgIpc) is 3.20. The van der Waals surface area contributed by atoms with Crippen molar-refractivity contribution >= 4 is 31.6 Å². The number of rotatable bonds is 44. The van der Waals surface area contributed by atoms with Crippen molar-refractivity contribution in [2.45, 2.75) is 219 Å². The molecule has 2 N–H and O–H groups in total. The van der Waals surface area contributed by atoms with Crippen molar-refractivity contribution in [1.29, 1.82) is 0 Å². The normalized spacial score (nSPS) is 12.9. The molecule has 0 aliphatic carbocycles. The summed E-state index contributed by atoms with van der Waals surface area (Å²) in [5.74, 6) is -2.43. The van der Waals surface area contributed by atoms with Gasteiger partial charge in [0.05, 0.1) is 13.2 Å². The van der Waals surface area contributed by atoms with Crippen LogP contribution in [0.3, 0.4) is 0 Å². The van der Waals surface area contributed by atoms with Crippen LogP contribution < -0.4 is 39.8 Å². The first-order valence-electron chi connectivity index (χ1n) is 23.3. The van der Waals surface area contributed by atoms with Gasteiger partial charge in [0.2, 0.25) is 5.91 Å². The minimum Gasteiger partial charge on any atom is -0.756 e. The van der Waals surface area contributed by atoms with E-state index in [9.17, 15) is 28.6 Å². The van der Waals surface area contributed by atoms with E-state index in [1.54, 1.807) is 0 Å². The summed E-state index contributed by atoms with van der Waals surface area (Å²) in [6.45, 7) is 2.98. The number of hydrogen-bond donors (Lipinski definition) is 2. The number of esters is 2. The van der Waals surface area contributed by atoms with Gasteiger partial charge in [-0.05, 0) is 70.6 Å². The fraction of sp³-hybridized carbons (Fsp3) is 0.826. The summed E-state index contributed by atoms with van der Waals surface area (Å²) in [5, 5.41) is 11.1. The molecular weight excluding hydrogens is 796 g/mol. The Morgan fingerprint density at radius 1 is 0.567 bits per heavy atom. The molecule has 0 aliphatic rings. The average molecular weight is 880 g/mol. The third kappa shape index (κ3) is 46.0. The summed E-state index contributed by atoms with van der Waals surface area (Å²) in [4.78, 5) is 60.0. The standard InChI is InChI=1S/C46H84NO11P.Na/c1-3-5-7-9-11-13-15-17-19-21-23-25-27-29-31-36-45(51)55-40-42(41-57-59(53,54)56-39-38-47-43(48)34-33-35-44(49)50)58-46(52)37-32-30-28-26-24-22-20-18-16-14-12-10-8-6-4-2;/h17-20,42H,3-16,21-41H2,1-2H3,(H,47,48)(H,49,50)(H,53,54);/q;+1/p-1/t42-;/m1./s1. The van der Waals surface area contributed by atoms with Gasteiger partial charge in [-0.15, -0.1) is 0 Å². The number of carbonyl (C=O) groups is 4. The molecule has 344 valence electrons. The zero-order valence-corrected chi connectivity index (χ0v) is 41.0. The van der Waals surface area contributed by atoms with Gasteiger partial charge in [0.1, 0.15) is 6.61 Å². The van der Waals surface area contributed by atoms with Crippen LogP contribution >= 0.6 is 7.82 Å². The third-order valence-electron chi connectivity index (χ3n) is 9.90. The first-order valence-corrected chi connectivity index (χ1v) is 24.8. The Hall–Kier alpha value is -1.53. The second kappa shape index (κ2) is 45.5. The Morgan fingerprint density at radius 3 is 1.47 bits per heavy atom. The fourth-order valence-corrected chi connectivity index (χ4v) is 7.09. The van der Waals surface area contributed by atoms with Crippen LogP contribution in [-0.2, 0) is 42.3 Å². The van der Waals surface area contributed by atoms with Crippen molar-refractivity contribution in [3.63, 3.8) is 0 Å². The minimum absolute atomic E-state index is 0. The predicted molar refractivity (Wildman–Crippen MR) is 234 cm³/mol. The molecule has 0 aromatic heterocycles.